The topological polar surface area (TPSA) is 92.5 Å². The van der Waals surface area contributed by atoms with E-state index in [2.05, 4.69) is 5.32 Å². The maximum atomic E-state index is 10.8. The van der Waals surface area contributed by atoms with Crippen molar-refractivity contribution in [3.8, 4) is 0 Å². The van der Waals surface area contributed by atoms with Crippen LogP contribution in [0.3, 0.4) is 0 Å². The van der Waals surface area contributed by atoms with Gasteiger partial charge in [-0.3, -0.25) is 14.9 Å². The van der Waals surface area contributed by atoms with Crippen LogP contribution in [0.2, 0.25) is 0 Å². The van der Waals surface area contributed by atoms with Crippen molar-refractivity contribution in [3.63, 3.8) is 0 Å². The normalized spacial score (nSPS) is 21.7. The van der Waals surface area contributed by atoms with Crippen LogP contribution in [0.15, 0.2) is 24.3 Å². The maximum absolute atomic E-state index is 10.8. The Morgan fingerprint density at radius 1 is 1.37 bits per heavy atom. The second-order valence-corrected chi connectivity index (χ2v) is 4.76. The number of hydrogen-bond donors (Lipinski definition) is 2. The number of non-ortho nitro benzene ring substituents is 1. The molecule has 0 aromatic heterocycles. The first-order valence-corrected chi connectivity index (χ1v) is 6.27. The molecule has 1 saturated carbocycles. The first kappa shape index (κ1) is 13.5. The highest BCUT2D eigenvalue weighted by atomic mass is 16.6. The number of carboxylic acid groups (broad SMARTS) is 1. The van der Waals surface area contributed by atoms with Gasteiger partial charge in [-0.15, -0.1) is 0 Å². The third-order valence-electron chi connectivity index (χ3n) is 3.56. The molecule has 19 heavy (non-hydrogen) atoms. The van der Waals surface area contributed by atoms with Gasteiger partial charge in [0.1, 0.15) is 0 Å². The number of benzene rings is 1. The van der Waals surface area contributed by atoms with Crippen LogP contribution >= 0.6 is 0 Å². The van der Waals surface area contributed by atoms with E-state index in [1.165, 1.54) is 12.1 Å². The average Bonchev–Trinajstić information content (AvgIpc) is 2.33. The quantitative estimate of drug-likeness (QED) is 0.601. The first-order valence-electron chi connectivity index (χ1n) is 6.27. The molecule has 6 nitrogen and oxygen atoms in total. The van der Waals surface area contributed by atoms with Crippen molar-refractivity contribution in [1.82, 2.24) is 5.32 Å². The molecule has 1 fully saturated rings. The van der Waals surface area contributed by atoms with Gasteiger partial charge >= 0.3 is 5.97 Å². The fraction of sp³-hybridized carbons (Fsp3) is 0.462. The van der Waals surface area contributed by atoms with Crippen LogP contribution in [-0.2, 0) is 11.2 Å². The Morgan fingerprint density at radius 3 is 2.53 bits per heavy atom. The lowest BCUT2D eigenvalue weighted by Crippen LogP contribution is -2.48. The van der Waals surface area contributed by atoms with E-state index in [0.29, 0.717) is 6.54 Å². The molecular weight excluding hydrogens is 248 g/mol. The molecule has 1 aromatic carbocycles. The van der Waals surface area contributed by atoms with E-state index in [1.54, 1.807) is 12.1 Å². The molecule has 0 spiro atoms. The standard InChI is InChI=1S/C13H16N2O4/c16-13(17)11-5-6-12(11)14-8-7-9-1-3-10(4-2-9)15(18)19/h1-4,11-12,14H,5-8H2,(H,16,17). The van der Waals surface area contributed by atoms with E-state index in [0.717, 1.165) is 24.8 Å². The molecule has 0 amide bonds. The monoisotopic (exact) mass is 264 g/mol. The molecule has 0 heterocycles. The number of aliphatic carboxylic acids is 1. The molecule has 2 atom stereocenters. The summed E-state index contributed by atoms with van der Waals surface area (Å²) >= 11 is 0. The minimum Gasteiger partial charge on any atom is -0.481 e. The number of carbonyl (C=O) groups is 1. The number of hydrogen-bond acceptors (Lipinski definition) is 4. The van der Waals surface area contributed by atoms with Gasteiger partial charge in [-0.1, -0.05) is 12.1 Å². The highest BCUT2D eigenvalue weighted by Gasteiger charge is 2.35. The fourth-order valence-corrected chi connectivity index (χ4v) is 2.23. The predicted octanol–water partition coefficient (Wildman–Crippen LogP) is 1.59. The highest BCUT2D eigenvalue weighted by Crippen LogP contribution is 2.27. The van der Waals surface area contributed by atoms with E-state index in [4.69, 9.17) is 5.11 Å². The Balaban J connectivity index is 1.77. The lowest BCUT2D eigenvalue weighted by atomic mass is 9.79. The summed E-state index contributed by atoms with van der Waals surface area (Å²) in [6, 6.07) is 6.50. The molecule has 6 heteroatoms. The molecule has 0 saturated heterocycles. The van der Waals surface area contributed by atoms with E-state index < -0.39 is 10.9 Å². The second kappa shape index (κ2) is 5.79. The highest BCUT2D eigenvalue weighted by molar-refractivity contribution is 5.72. The van der Waals surface area contributed by atoms with Gasteiger partial charge in [-0.25, -0.2) is 0 Å². The fourth-order valence-electron chi connectivity index (χ4n) is 2.23. The smallest absolute Gasteiger partial charge is 0.308 e. The van der Waals surface area contributed by atoms with Gasteiger partial charge < -0.3 is 10.4 Å². The van der Waals surface area contributed by atoms with Crippen molar-refractivity contribution in [1.29, 1.82) is 0 Å². The molecule has 0 aliphatic heterocycles. The number of rotatable bonds is 6. The average molecular weight is 264 g/mol. The number of nitro groups is 1. The first-order chi connectivity index (χ1) is 9.08. The van der Waals surface area contributed by atoms with Gasteiger partial charge in [-0.2, -0.15) is 0 Å². The Labute approximate surface area is 110 Å². The largest absolute Gasteiger partial charge is 0.481 e. The summed E-state index contributed by atoms with van der Waals surface area (Å²) in [4.78, 5) is 20.9. The minimum absolute atomic E-state index is 0.0653. The van der Waals surface area contributed by atoms with Crippen LogP contribution in [0.1, 0.15) is 18.4 Å². The summed E-state index contributed by atoms with van der Waals surface area (Å²) < 4.78 is 0. The zero-order valence-electron chi connectivity index (χ0n) is 10.4. The summed E-state index contributed by atoms with van der Waals surface area (Å²) in [6.07, 6.45) is 2.38. The van der Waals surface area contributed by atoms with Crippen molar-refractivity contribution in [3.05, 3.63) is 39.9 Å². The van der Waals surface area contributed by atoms with E-state index in [9.17, 15) is 14.9 Å². The van der Waals surface area contributed by atoms with Crippen LogP contribution in [0.5, 0.6) is 0 Å². The molecule has 1 aliphatic carbocycles. The number of nitrogens with zero attached hydrogens (tertiary/aromatic N) is 1. The zero-order chi connectivity index (χ0) is 13.8. The number of nitro benzene ring substituents is 1. The minimum atomic E-state index is -0.737. The molecule has 0 bridgehead atoms. The molecule has 2 unspecified atom stereocenters. The number of nitrogens with one attached hydrogen (secondary N) is 1. The lowest BCUT2D eigenvalue weighted by Gasteiger charge is -2.34. The Kier molecular flexibility index (Phi) is 4.11. The molecule has 0 radical (unpaired) electrons. The molecule has 2 rings (SSSR count). The Hall–Kier alpha value is -1.95. The third-order valence-corrected chi connectivity index (χ3v) is 3.56. The van der Waals surface area contributed by atoms with Crippen LogP contribution in [0, 0.1) is 16.0 Å². The van der Waals surface area contributed by atoms with Gasteiger partial charge in [0.2, 0.25) is 0 Å². The van der Waals surface area contributed by atoms with Crippen molar-refractivity contribution >= 4 is 11.7 Å². The van der Waals surface area contributed by atoms with Crippen LogP contribution in [-0.4, -0.2) is 28.6 Å². The van der Waals surface area contributed by atoms with Gasteiger partial charge in [0.05, 0.1) is 10.8 Å². The summed E-state index contributed by atoms with van der Waals surface area (Å²) in [5.74, 6) is -1.00. The van der Waals surface area contributed by atoms with Gasteiger partial charge in [0.15, 0.2) is 0 Å². The predicted molar refractivity (Wildman–Crippen MR) is 69.0 cm³/mol. The van der Waals surface area contributed by atoms with Crippen molar-refractivity contribution in [2.24, 2.45) is 5.92 Å². The number of carboxylic acids is 1. The SMILES string of the molecule is O=C(O)C1CCC1NCCc1ccc([N+](=O)[O-])cc1. The van der Waals surface area contributed by atoms with Crippen molar-refractivity contribution in [2.45, 2.75) is 25.3 Å². The third kappa shape index (κ3) is 3.29. The van der Waals surface area contributed by atoms with E-state index >= 15 is 0 Å². The van der Waals surface area contributed by atoms with Gasteiger partial charge in [0.25, 0.3) is 5.69 Å². The molecule has 2 N–H and O–H groups in total. The maximum Gasteiger partial charge on any atom is 0.308 e. The summed E-state index contributed by atoms with van der Waals surface area (Å²) in [6.45, 7) is 0.687. The zero-order valence-corrected chi connectivity index (χ0v) is 10.4. The Bertz CT molecular complexity index is 472. The van der Waals surface area contributed by atoms with Gasteiger partial charge in [0, 0.05) is 18.2 Å². The Morgan fingerprint density at radius 2 is 2.05 bits per heavy atom. The second-order valence-electron chi connectivity index (χ2n) is 4.76. The van der Waals surface area contributed by atoms with Crippen LogP contribution < -0.4 is 5.32 Å². The van der Waals surface area contributed by atoms with Crippen LogP contribution in [0.4, 0.5) is 5.69 Å². The van der Waals surface area contributed by atoms with Crippen molar-refractivity contribution < 1.29 is 14.8 Å². The summed E-state index contributed by atoms with van der Waals surface area (Å²) in [7, 11) is 0. The van der Waals surface area contributed by atoms with E-state index in [1.807, 2.05) is 0 Å². The van der Waals surface area contributed by atoms with Crippen molar-refractivity contribution in [2.75, 3.05) is 6.54 Å². The molecule has 1 aliphatic rings. The summed E-state index contributed by atoms with van der Waals surface area (Å²) in [5.41, 5.74) is 1.09. The van der Waals surface area contributed by atoms with E-state index in [-0.39, 0.29) is 17.6 Å². The molecule has 1 aromatic rings. The van der Waals surface area contributed by atoms with Crippen LogP contribution in [0.25, 0.3) is 0 Å². The lowest BCUT2D eigenvalue weighted by molar-refractivity contribution is -0.384. The molecule has 102 valence electrons. The molecular formula is C13H16N2O4. The van der Waals surface area contributed by atoms with Gasteiger partial charge in [-0.05, 0) is 31.4 Å². The summed E-state index contributed by atoms with van der Waals surface area (Å²) in [5, 5.41) is 22.6.